The van der Waals surface area contributed by atoms with Crippen LogP contribution in [-0.4, -0.2) is 38.7 Å². The highest BCUT2D eigenvalue weighted by atomic mass is 32.1. The van der Waals surface area contributed by atoms with Gasteiger partial charge < -0.3 is 14.8 Å². The van der Waals surface area contributed by atoms with Crippen molar-refractivity contribution >= 4 is 44.4 Å². The molecule has 6 aromatic rings. The molecule has 40 heavy (non-hydrogen) atoms. The molecule has 7 rings (SSSR count). The summed E-state index contributed by atoms with van der Waals surface area (Å²) in [7, 11) is 0. The minimum atomic E-state index is -0.263. The topological polar surface area (TPSA) is 58.9 Å². The van der Waals surface area contributed by atoms with Gasteiger partial charge in [0, 0.05) is 30.1 Å². The quantitative estimate of drug-likeness (QED) is 0.239. The van der Waals surface area contributed by atoms with Gasteiger partial charge in [0.25, 0.3) is 0 Å². The van der Waals surface area contributed by atoms with Crippen molar-refractivity contribution in [3.05, 3.63) is 102 Å². The van der Waals surface area contributed by atoms with E-state index in [1.165, 1.54) is 18.2 Å². The van der Waals surface area contributed by atoms with E-state index in [-0.39, 0.29) is 17.7 Å². The second-order valence-corrected chi connectivity index (χ2v) is 11.0. The van der Waals surface area contributed by atoms with Gasteiger partial charge in [-0.3, -0.25) is 0 Å². The van der Waals surface area contributed by atoms with Crippen LogP contribution in [0.5, 0.6) is 0 Å². The normalized spacial score (nSPS) is 14.3. The monoisotopic (exact) mass is 552 g/mol. The van der Waals surface area contributed by atoms with E-state index >= 15 is 0 Å². The number of hydrogen-bond donors (Lipinski definition) is 1. The largest absolute Gasteiger partial charge is 0.366 e. The first-order valence-corrected chi connectivity index (χ1v) is 14.2. The molecule has 1 saturated heterocycles. The molecule has 0 spiro atoms. The molecule has 200 valence electrons. The van der Waals surface area contributed by atoms with Crippen molar-refractivity contribution in [2.45, 2.75) is 25.4 Å². The summed E-state index contributed by atoms with van der Waals surface area (Å²) in [4.78, 5) is 16.4. The van der Waals surface area contributed by atoms with Gasteiger partial charge in [-0.25, -0.2) is 23.7 Å². The summed E-state index contributed by atoms with van der Waals surface area (Å²) in [5.74, 6) is 1.23. The minimum absolute atomic E-state index is 0.233. The third-order valence-electron chi connectivity index (χ3n) is 7.47. The maximum Gasteiger partial charge on any atom is 0.206 e. The van der Waals surface area contributed by atoms with Gasteiger partial charge in [0.05, 0.1) is 27.8 Å². The number of hydrogen-bond acceptors (Lipinski definition) is 6. The molecule has 0 bridgehead atoms. The number of para-hydroxylation sites is 2. The molecule has 0 saturated carbocycles. The third-order valence-corrected chi connectivity index (χ3v) is 8.45. The fourth-order valence-electron chi connectivity index (χ4n) is 5.51. The van der Waals surface area contributed by atoms with Crippen LogP contribution in [0.25, 0.3) is 32.4 Å². The molecule has 0 aliphatic carbocycles. The first-order valence-electron chi connectivity index (χ1n) is 13.3. The predicted molar refractivity (Wildman–Crippen MR) is 157 cm³/mol. The van der Waals surface area contributed by atoms with Gasteiger partial charge in [-0.15, -0.1) is 11.3 Å². The summed E-state index contributed by atoms with van der Waals surface area (Å²) in [6, 6.07) is 21.7. The zero-order chi connectivity index (χ0) is 27.1. The number of benzene rings is 3. The molecule has 6 nitrogen and oxygen atoms in total. The second-order valence-electron chi connectivity index (χ2n) is 10.1. The Labute approximate surface area is 234 Å². The second kappa shape index (κ2) is 10.3. The van der Waals surface area contributed by atoms with Crippen LogP contribution < -0.4 is 10.2 Å². The number of aromatic nitrogens is 4. The number of thiophene rings is 1. The molecule has 0 atom stereocenters. The fraction of sp³-hybridized carbons (Fsp3) is 0.194. The van der Waals surface area contributed by atoms with Gasteiger partial charge in [0.2, 0.25) is 5.95 Å². The van der Waals surface area contributed by atoms with Gasteiger partial charge >= 0.3 is 0 Å². The van der Waals surface area contributed by atoms with Crippen LogP contribution in [0.15, 0.2) is 84.5 Å². The number of halogens is 2. The van der Waals surface area contributed by atoms with Crippen molar-refractivity contribution in [3.63, 3.8) is 0 Å². The third kappa shape index (κ3) is 4.66. The smallest absolute Gasteiger partial charge is 0.206 e. The Morgan fingerprint density at radius 1 is 0.900 bits per heavy atom. The molecule has 1 aliphatic rings. The maximum absolute atomic E-state index is 13.9. The highest BCUT2D eigenvalue weighted by Crippen LogP contribution is 2.36. The van der Waals surface area contributed by atoms with Crippen molar-refractivity contribution in [2.75, 3.05) is 23.3 Å². The first-order chi connectivity index (χ1) is 19.6. The van der Waals surface area contributed by atoms with Gasteiger partial charge in [-0.05, 0) is 60.4 Å². The van der Waals surface area contributed by atoms with E-state index in [1.54, 1.807) is 35.9 Å². The van der Waals surface area contributed by atoms with Crippen molar-refractivity contribution < 1.29 is 8.78 Å². The van der Waals surface area contributed by atoms with Gasteiger partial charge in [0.1, 0.15) is 23.8 Å². The lowest BCUT2D eigenvalue weighted by Crippen LogP contribution is -2.40. The van der Waals surface area contributed by atoms with Gasteiger partial charge in [-0.2, -0.15) is 0 Å². The number of rotatable bonds is 6. The number of nitrogens with one attached hydrogen (secondary N) is 1. The van der Waals surface area contributed by atoms with E-state index in [4.69, 9.17) is 4.98 Å². The number of imidazole rings is 1. The van der Waals surface area contributed by atoms with Crippen LogP contribution in [0.3, 0.4) is 0 Å². The maximum atomic E-state index is 13.9. The van der Waals surface area contributed by atoms with Crippen LogP contribution in [0.2, 0.25) is 0 Å². The summed E-state index contributed by atoms with van der Waals surface area (Å²) in [5, 5.41) is 5.67. The minimum Gasteiger partial charge on any atom is -0.366 e. The van der Waals surface area contributed by atoms with Crippen LogP contribution in [0, 0.1) is 11.6 Å². The molecule has 0 radical (unpaired) electrons. The van der Waals surface area contributed by atoms with Crippen LogP contribution in [0.1, 0.15) is 18.4 Å². The van der Waals surface area contributed by atoms with E-state index in [2.05, 4.69) is 30.8 Å². The summed E-state index contributed by atoms with van der Waals surface area (Å²) in [5.41, 5.74) is 5.43. The highest BCUT2D eigenvalue weighted by molar-refractivity contribution is 7.18. The SMILES string of the molecule is Fc1cccc(Cn2c(N3CCC(Nc4ncnc5c(-c6cccc(F)c6)csc45)CC3)nc3ccccc32)c1. The molecular formula is C31H26F2N6S. The zero-order valence-corrected chi connectivity index (χ0v) is 22.4. The Bertz CT molecular complexity index is 1820. The van der Waals surface area contributed by atoms with Crippen LogP contribution >= 0.6 is 11.3 Å². The van der Waals surface area contributed by atoms with Crippen LogP contribution in [-0.2, 0) is 6.54 Å². The molecular weight excluding hydrogens is 526 g/mol. The van der Waals surface area contributed by atoms with E-state index in [1.807, 2.05) is 35.7 Å². The summed E-state index contributed by atoms with van der Waals surface area (Å²) in [6.45, 7) is 2.21. The Morgan fingerprint density at radius 2 is 1.70 bits per heavy atom. The zero-order valence-electron chi connectivity index (χ0n) is 21.6. The lowest BCUT2D eigenvalue weighted by Gasteiger charge is -2.33. The Morgan fingerprint density at radius 3 is 2.52 bits per heavy atom. The molecule has 0 unspecified atom stereocenters. The standard InChI is InChI=1S/C31H26F2N6S/c32-22-7-3-5-20(15-22)17-39-27-10-2-1-9-26(27)37-31(39)38-13-11-24(12-14-38)36-30-29-28(34-19-35-30)25(18-40-29)21-6-4-8-23(33)16-21/h1-10,15-16,18-19,24H,11-14,17H2,(H,34,35,36). The predicted octanol–water partition coefficient (Wildman–Crippen LogP) is 7.12. The first kappa shape index (κ1) is 24.7. The molecule has 1 fully saturated rings. The number of piperidine rings is 1. The molecule has 4 heterocycles. The molecule has 3 aromatic heterocycles. The molecule has 3 aromatic carbocycles. The van der Waals surface area contributed by atoms with Crippen molar-refractivity contribution in [1.82, 2.24) is 19.5 Å². The van der Waals surface area contributed by atoms with E-state index in [0.717, 1.165) is 75.6 Å². The number of nitrogens with zero attached hydrogens (tertiary/aromatic N) is 5. The summed E-state index contributed by atoms with van der Waals surface area (Å²) < 4.78 is 30.9. The van der Waals surface area contributed by atoms with Crippen LogP contribution in [0.4, 0.5) is 20.5 Å². The lowest BCUT2D eigenvalue weighted by atomic mass is 10.1. The molecule has 1 aliphatic heterocycles. The van der Waals surface area contributed by atoms with E-state index in [0.29, 0.717) is 6.54 Å². The lowest BCUT2D eigenvalue weighted by molar-refractivity contribution is 0.514. The summed E-state index contributed by atoms with van der Waals surface area (Å²) >= 11 is 1.57. The van der Waals surface area contributed by atoms with E-state index in [9.17, 15) is 8.78 Å². The molecule has 0 amide bonds. The van der Waals surface area contributed by atoms with Crippen molar-refractivity contribution in [1.29, 1.82) is 0 Å². The number of anilines is 2. The number of fused-ring (bicyclic) bond motifs is 2. The van der Waals surface area contributed by atoms with Gasteiger partial charge in [-0.1, -0.05) is 36.4 Å². The Hall–Kier alpha value is -4.37. The Kier molecular flexibility index (Phi) is 6.36. The average Bonchev–Trinajstić information content (AvgIpc) is 3.56. The highest BCUT2D eigenvalue weighted by Gasteiger charge is 2.25. The van der Waals surface area contributed by atoms with Gasteiger partial charge in [0.15, 0.2) is 0 Å². The fourth-order valence-corrected chi connectivity index (χ4v) is 6.49. The molecule has 1 N–H and O–H groups in total. The average molecular weight is 553 g/mol. The van der Waals surface area contributed by atoms with E-state index < -0.39 is 0 Å². The summed E-state index contributed by atoms with van der Waals surface area (Å²) in [6.07, 6.45) is 3.40. The van der Waals surface area contributed by atoms with Crippen molar-refractivity contribution in [3.8, 4) is 11.1 Å². The Balaban J connectivity index is 1.10. The van der Waals surface area contributed by atoms with Crippen molar-refractivity contribution in [2.24, 2.45) is 0 Å². The molecule has 9 heteroatoms.